The van der Waals surface area contributed by atoms with E-state index in [1.807, 2.05) is 0 Å². The molecule has 0 aliphatic carbocycles. The van der Waals surface area contributed by atoms with E-state index in [0.717, 1.165) is 0 Å². The van der Waals surface area contributed by atoms with E-state index in [-0.39, 0.29) is 5.56 Å². The zero-order chi connectivity index (χ0) is 13.9. The van der Waals surface area contributed by atoms with Gasteiger partial charge in [0.25, 0.3) is 5.92 Å². The van der Waals surface area contributed by atoms with Gasteiger partial charge >= 0.3 is 0 Å². The van der Waals surface area contributed by atoms with E-state index < -0.39 is 18.3 Å². The highest BCUT2D eigenvalue weighted by Gasteiger charge is 2.31. The first-order chi connectivity index (χ1) is 8.99. The second-order valence-electron chi connectivity index (χ2n) is 4.05. The Morgan fingerprint density at radius 3 is 2.42 bits per heavy atom. The Bertz CT molecular complexity index is 558. The summed E-state index contributed by atoms with van der Waals surface area (Å²) in [6, 6.07) is 11.4. The average Bonchev–Trinajstić information content (AvgIpc) is 2.41. The number of nitrogens with one attached hydrogen (secondary N) is 1. The van der Waals surface area contributed by atoms with E-state index in [0.29, 0.717) is 10.2 Å². The molecule has 0 aromatic heterocycles. The van der Waals surface area contributed by atoms with Crippen LogP contribution in [-0.4, -0.2) is 6.54 Å². The van der Waals surface area contributed by atoms with Gasteiger partial charge < -0.3 is 5.32 Å². The van der Waals surface area contributed by atoms with E-state index in [9.17, 15) is 13.2 Å². The van der Waals surface area contributed by atoms with Gasteiger partial charge in [0, 0.05) is 10.0 Å². The first kappa shape index (κ1) is 13.9. The Morgan fingerprint density at radius 2 is 1.74 bits per heavy atom. The summed E-state index contributed by atoms with van der Waals surface area (Å²) in [7, 11) is 0. The third kappa shape index (κ3) is 3.50. The highest BCUT2D eigenvalue weighted by Crippen LogP contribution is 2.30. The van der Waals surface area contributed by atoms with Crippen LogP contribution in [-0.2, 0) is 5.92 Å². The van der Waals surface area contributed by atoms with Crippen molar-refractivity contribution in [3.8, 4) is 0 Å². The first-order valence-electron chi connectivity index (χ1n) is 5.61. The van der Waals surface area contributed by atoms with Crippen molar-refractivity contribution in [3.05, 3.63) is 64.4 Å². The lowest BCUT2D eigenvalue weighted by molar-refractivity contribution is 0.0106. The van der Waals surface area contributed by atoms with E-state index >= 15 is 0 Å². The Hall–Kier alpha value is -1.49. The lowest BCUT2D eigenvalue weighted by Crippen LogP contribution is -2.24. The normalized spacial score (nSPS) is 11.4. The number of alkyl halides is 2. The Morgan fingerprint density at radius 1 is 1.05 bits per heavy atom. The summed E-state index contributed by atoms with van der Waals surface area (Å²) < 4.78 is 41.4. The predicted molar refractivity (Wildman–Crippen MR) is 72.9 cm³/mol. The predicted octanol–water partition coefficient (Wildman–Crippen LogP) is 4.79. The molecule has 0 atom stereocenters. The summed E-state index contributed by atoms with van der Waals surface area (Å²) in [6.07, 6.45) is 0. The van der Waals surface area contributed by atoms with Crippen molar-refractivity contribution in [1.82, 2.24) is 0 Å². The van der Waals surface area contributed by atoms with Crippen LogP contribution in [0.15, 0.2) is 53.0 Å². The molecule has 0 fully saturated rings. The third-order valence-electron chi connectivity index (χ3n) is 2.63. The molecule has 0 saturated carbocycles. The third-order valence-corrected chi connectivity index (χ3v) is 3.32. The van der Waals surface area contributed by atoms with E-state index in [1.54, 1.807) is 18.2 Å². The summed E-state index contributed by atoms with van der Waals surface area (Å²) in [5.41, 5.74) is 0.227. The zero-order valence-electron chi connectivity index (χ0n) is 9.84. The lowest BCUT2D eigenvalue weighted by atomic mass is 10.1. The van der Waals surface area contributed by atoms with E-state index in [1.165, 1.54) is 30.3 Å². The van der Waals surface area contributed by atoms with Crippen LogP contribution < -0.4 is 5.32 Å². The molecular weight excluding hydrogens is 319 g/mol. The molecular formula is C14H11BrF3N. The monoisotopic (exact) mass is 329 g/mol. The standard InChI is InChI=1S/C14H11BrF3N/c15-12-7-6-11(16)8-13(12)19-9-14(17,18)10-4-2-1-3-5-10/h1-8,19H,9H2. The minimum absolute atomic E-state index is 0.0741. The van der Waals surface area contributed by atoms with Crippen molar-refractivity contribution in [2.45, 2.75) is 5.92 Å². The molecule has 5 heteroatoms. The van der Waals surface area contributed by atoms with Gasteiger partial charge in [0.1, 0.15) is 5.82 Å². The maximum atomic E-state index is 13.9. The van der Waals surface area contributed by atoms with Crippen molar-refractivity contribution in [2.75, 3.05) is 11.9 Å². The second kappa shape index (κ2) is 5.65. The first-order valence-corrected chi connectivity index (χ1v) is 6.40. The highest BCUT2D eigenvalue weighted by molar-refractivity contribution is 9.10. The number of anilines is 1. The fraction of sp³-hybridized carbons (Fsp3) is 0.143. The molecule has 0 bridgehead atoms. The number of halogens is 4. The van der Waals surface area contributed by atoms with Crippen molar-refractivity contribution in [3.63, 3.8) is 0 Å². The fourth-order valence-corrected chi connectivity index (χ4v) is 2.01. The molecule has 19 heavy (non-hydrogen) atoms. The summed E-state index contributed by atoms with van der Waals surface area (Å²) >= 11 is 3.18. The molecule has 0 unspecified atom stereocenters. The highest BCUT2D eigenvalue weighted by atomic mass is 79.9. The number of hydrogen-bond acceptors (Lipinski definition) is 1. The summed E-state index contributed by atoms with van der Waals surface area (Å²) in [5, 5.41) is 2.56. The minimum Gasteiger partial charge on any atom is -0.378 e. The van der Waals surface area contributed by atoms with Gasteiger partial charge in [-0.25, -0.2) is 4.39 Å². The van der Waals surface area contributed by atoms with Crippen molar-refractivity contribution >= 4 is 21.6 Å². The van der Waals surface area contributed by atoms with Crippen LogP contribution in [0.3, 0.4) is 0 Å². The van der Waals surface area contributed by atoms with Gasteiger partial charge in [0.2, 0.25) is 0 Å². The molecule has 1 N–H and O–H groups in total. The molecule has 0 spiro atoms. The van der Waals surface area contributed by atoms with Crippen molar-refractivity contribution < 1.29 is 13.2 Å². The van der Waals surface area contributed by atoms with Gasteiger partial charge in [-0.05, 0) is 34.1 Å². The summed E-state index contributed by atoms with van der Waals surface area (Å²) in [4.78, 5) is 0. The maximum absolute atomic E-state index is 13.9. The van der Waals surface area contributed by atoms with Gasteiger partial charge in [0.05, 0.1) is 12.2 Å². The molecule has 2 aromatic rings. The molecule has 0 radical (unpaired) electrons. The number of hydrogen-bond donors (Lipinski definition) is 1. The van der Waals surface area contributed by atoms with E-state index in [4.69, 9.17) is 0 Å². The van der Waals surface area contributed by atoms with Gasteiger partial charge in [-0.15, -0.1) is 0 Å². The van der Waals surface area contributed by atoms with Crippen LogP contribution in [0.2, 0.25) is 0 Å². The van der Waals surface area contributed by atoms with Gasteiger partial charge in [-0.2, -0.15) is 8.78 Å². The molecule has 1 nitrogen and oxygen atoms in total. The molecule has 0 heterocycles. The van der Waals surface area contributed by atoms with Gasteiger partial charge in [-0.3, -0.25) is 0 Å². The van der Waals surface area contributed by atoms with Crippen LogP contribution in [0, 0.1) is 5.82 Å². The summed E-state index contributed by atoms with van der Waals surface area (Å²) in [5.74, 6) is -3.50. The van der Waals surface area contributed by atoms with Gasteiger partial charge in [-0.1, -0.05) is 30.3 Å². The minimum atomic E-state index is -3.02. The summed E-state index contributed by atoms with van der Waals surface area (Å²) in [6.45, 7) is -0.598. The largest absolute Gasteiger partial charge is 0.378 e. The fourth-order valence-electron chi connectivity index (χ4n) is 1.62. The lowest BCUT2D eigenvalue weighted by Gasteiger charge is -2.18. The number of rotatable bonds is 4. The number of benzene rings is 2. The topological polar surface area (TPSA) is 12.0 Å². The van der Waals surface area contributed by atoms with Crippen molar-refractivity contribution in [1.29, 1.82) is 0 Å². The molecule has 0 amide bonds. The zero-order valence-corrected chi connectivity index (χ0v) is 11.4. The van der Waals surface area contributed by atoms with Crippen LogP contribution in [0.1, 0.15) is 5.56 Å². The van der Waals surface area contributed by atoms with E-state index in [2.05, 4.69) is 21.2 Å². The molecule has 0 saturated heterocycles. The van der Waals surface area contributed by atoms with Crippen LogP contribution in [0.5, 0.6) is 0 Å². The van der Waals surface area contributed by atoms with Crippen LogP contribution in [0.4, 0.5) is 18.9 Å². The molecule has 0 aliphatic rings. The quantitative estimate of drug-likeness (QED) is 0.850. The molecule has 2 aromatic carbocycles. The maximum Gasteiger partial charge on any atom is 0.290 e. The molecule has 2 rings (SSSR count). The van der Waals surface area contributed by atoms with Gasteiger partial charge in [0.15, 0.2) is 0 Å². The SMILES string of the molecule is Fc1ccc(Br)c(NCC(F)(F)c2ccccc2)c1. The van der Waals surface area contributed by atoms with Crippen LogP contribution >= 0.6 is 15.9 Å². The molecule has 0 aliphatic heterocycles. The van der Waals surface area contributed by atoms with Crippen molar-refractivity contribution in [2.24, 2.45) is 0 Å². The second-order valence-corrected chi connectivity index (χ2v) is 4.90. The Labute approximate surface area is 117 Å². The Kier molecular flexibility index (Phi) is 4.14. The average molecular weight is 330 g/mol. The Balaban J connectivity index is 2.12. The molecule has 100 valence electrons. The smallest absolute Gasteiger partial charge is 0.290 e. The van der Waals surface area contributed by atoms with Crippen LogP contribution in [0.25, 0.3) is 0 Å².